The van der Waals surface area contributed by atoms with Crippen LogP contribution in [0.3, 0.4) is 0 Å². The maximum Gasteiger partial charge on any atom is 0.0592 e. The van der Waals surface area contributed by atoms with Crippen molar-refractivity contribution in [1.82, 2.24) is 4.98 Å². The lowest BCUT2D eigenvalue weighted by atomic mass is 10.2. The molecule has 1 heterocycles. The molecular weight excluding hydrogens is 162 g/mol. The van der Waals surface area contributed by atoms with Gasteiger partial charge in [0.1, 0.15) is 0 Å². The minimum absolute atomic E-state index is 0.656. The molecule has 70 valence electrons. The van der Waals surface area contributed by atoms with E-state index in [1.165, 1.54) is 0 Å². The third-order valence-corrected chi connectivity index (χ3v) is 1.54. The smallest absolute Gasteiger partial charge is 0.0592 e. The molecule has 0 saturated carbocycles. The van der Waals surface area contributed by atoms with Gasteiger partial charge in [-0.25, -0.2) is 0 Å². The number of nitrogens with zero attached hydrogens (tertiary/aromatic N) is 2. The Bertz CT molecular complexity index is 254. The Hall–Kier alpha value is -1.38. The van der Waals surface area contributed by atoms with Gasteiger partial charge in [0.2, 0.25) is 0 Å². The molecule has 0 saturated heterocycles. The molecule has 1 N–H and O–H groups in total. The fourth-order valence-electron chi connectivity index (χ4n) is 0.810. The first-order valence-electron chi connectivity index (χ1n) is 4.46. The van der Waals surface area contributed by atoms with Gasteiger partial charge in [-0.3, -0.25) is 10.4 Å². The quantitative estimate of drug-likeness (QED) is 0.566. The topological polar surface area (TPSA) is 37.3 Å². The van der Waals surface area contributed by atoms with Crippen LogP contribution in [0.2, 0.25) is 0 Å². The van der Waals surface area contributed by atoms with E-state index >= 15 is 0 Å². The monoisotopic (exact) mass is 177 g/mol. The van der Waals surface area contributed by atoms with E-state index in [-0.39, 0.29) is 0 Å². The second kappa shape index (κ2) is 5.30. The lowest BCUT2D eigenvalue weighted by Crippen LogP contribution is -1.92. The van der Waals surface area contributed by atoms with E-state index in [4.69, 9.17) is 0 Å². The lowest BCUT2D eigenvalue weighted by Gasteiger charge is -1.99. The van der Waals surface area contributed by atoms with E-state index in [1.54, 1.807) is 12.4 Å². The van der Waals surface area contributed by atoms with Crippen LogP contribution in [0.15, 0.2) is 29.6 Å². The molecule has 0 amide bonds. The predicted molar refractivity (Wildman–Crippen MR) is 55.8 cm³/mol. The SMILES string of the molecule is CC(C)C/C=N/Nc1ccncc1. The summed E-state index contributed by atoms with van der Waals surface area (Å²) in [5.41, 5.74) is 3.90. The van der Waals surface area contributed by atoms with Crippen molar-refractivity contribution >= 4 is 11.9 Å². The minimum atomic E-state index is 0.656. The van der Waals surface area contributed by atoms with Crippen molar-refractivity contribution in [3.8, 4) is 0 Å². The van der Waals surface area contributed by atoms with E-state index in [9.17, 15) is 0 Å². The van der Waals surface area contributed by atoms with E-state index in [0.29, 0.717) is 5.92 Å². The van der Waals surface area contributed by atoms with Gasteiger partial charge in [0.25, 0.3) is 0 Å². The van der Waals surface area contributed by atoms with E-state index in [1.807, 2.05) is 18.3 Å². The molecule has 13 heavy (non-hydrogen) atoms. The van der Waals surface area contributed by atoms with Gasteiger partial charge in [-0.1, -0.05) is 13.8 Å². The van der Waals surface area contributed by atoms with Crippen LogP contribution in [-0.2, 0) is 0 Å². The second-order valence-electron chi connectivity index (χ2n) is 3.29. The summed E-state index contributed by atoms with van der Waals surface area (Å²) in [5, 5.41) is 4.08. The van der Waals surface area contributed by atoms with Gasteiger partial charge in [-0.15, -0.1) is 0 Å². The second-order valence-corrected chi connectivity index (χ2v) is 3.29. The molecule has 0 spiro atoms. The van der Waals surface area contributed by atoms with Crippen LogP contribution in [0.1, 0.15) is 20.3 Å². The van der Waals surface area contributed by atoms with Gasteiger partial charge in [0, 0.05) is 18.6 Å². The highest BCUT2D eigenvalue weighted by atomic mass is 15.3. The molecule has 0 bridgehead atoms. The Morgan fingerprint density at radius 2 is 2.15 bits per heavy atom. The fraction of sp³-hybridized carbons (Fsp3) is 0.400. The zero-order valence-corrected chi connectivity index (χ0v) is 8.07. The highest BCUT2D eigenvalue weighted by molar-refractivity contribution is 5.59. The van der Waals surface area contributed by atoms with Crippen LogP contribution in [0.25, 0.3) is 0 Å². The van der Waals surface area contributed by atoms with Crippen molar-refractivity contribution in [1.29, 1.82) is 0 Å². The van der Waals surface area contributed by atoms with Crippen molar-refractivity contribution in [2.24, 2.45) is 11.0 Å². The summed E-state index contributed by atoms with van der Waals surface area (Å²) in [6.07, 6.45) is 6.36. The van der Waals surface area contributed by atoms with Crippen molar-refractivity contribution < 1.29 is 0 Å². The van der Waals surface area contributed by atoms with Gasteiger partial charge in [-0.2, -0.15) is 5.10 Å². The maximum atomic E-state index is 4.08. The van der Waals surface area contributed by atoms with Gasteiger partial charge in [-0.05, 0) is 24.5 Å². The number of anilines is 1. The summed E-state index contributed by atoms with van der Waals surface area (Å²) >= 11 is 0. The third-order valence-electron chi connectivity index (χ3n) is 1.54. The van der Waals surface area contributed by atoms with Crippen LogP contribution in [0.5, 0.6) is 0 Å². The molecule has 1 aromatic heterocycles. The number of nitrogens with one attached hydrogen (secondary N) is 1. The summed E-state index contributed by atoms with van der Waals surface area (Å²) in [6.45, 7) is 4.33. The number of aromatic nitrogens is 1. The predicted octanol–water partition coefficient (Wildman–Crippen LogP) is 2.53. The first-order chi connectivity index (χ1) is 6.29. The first kappa shape index (κ1) is 9.71. The summed E-state index contributed by atoms with van der Waals surface area (Å²) < 4.78 is 0. The molecule has 0 unspecified atom stereocenters. The maximum absolute atomic E-state index is 4.08. The van der Waals surface area contributed by atoms with Gasteiger partial charge >= 0.3 is 0 Å². The molecule has 1 rings (SSSR count). The Labute approximate surface area is 78.9 Å². The Morgan fingerprint density at radius 3 is 2.77 bits per heavy atom. The van der Waals surface area contributed by atoms with Crippen LogP contribution in [0, 0.1) is 5.92 Å². The molecule has 0 atom stereocenters. The Kier molecular flexibility index (Phi) is 3.96. The number of pyridine rings is 1. The molecule has 0 fully saturated rings. The first-order valence-corrected chi connectivity index (χ1v) is 4.46. The molecule has 3 nitrogen and oxygen atoms in total. The van der Waals surface area contributed by atoms with Crippen molar-refractivity contribution in [2.45, 2.75) is 20.3 Å². The number of rotatable bonds is 4. The molecule has 0 aliphatic carbocycles. The van der Waals surface area contributed by atoms with E-state index in [0.717, 1.165) is 12.1 Å². The van der Waals surface area contributed by atoms with Crippen LogP contribution in [-0.4, -0.2) is 11.2 Å². The highest BCUT2D eigenvalue weighted by Crippen LogP contribution is 2.02. The standard InChI is InChI=1S/C10H15N3/c1-9(2)3-8-12-13-10-4-6-11-7-5-10/h4-9H,3H2,1-2H3,(H,11,13)/b12-8+. The molecule has 0 aliphatic heterocycles. The number of hydrazone groups is 1. The summed E-state index contributed by atoms with van der Waals surface area (Å²) in [6, 6.07) is 3.76. The number of hydrogen-bond acceptors (Lipinski definition) is 3. The molecule has 1 aromatic rings. The zero-order valence-electron chi connectivity index (χ0n) is 8.07. The van der Waals surface area contributed by atoms with Gasteiger partial charge in [0.05, 0.1) is 5.69 Å². The normalized spacial score (nSPS) is 11.0. The zero-order chi connectivity index (χ0) is 9.52. The summed E-state index contributed by atoms with van der Waals surface area (Å²) in [5.74, 6) is 0.656. The fourth-order valence-corrected chi connectivity index (χ4v) is 0.810. The van der Waals surface area contributed by atoms with Gasteiger partial charge in [0.15, 0.2) is 0 Å². The summed E-state index contributed by atoms with van der Waals surface area (Å²) in [4.78, 5) is 3.91. The van der Waals surface area contributed by atoms with E-state index < -0.39 is 0 Å². The number of hydrogen-bond donors (Lipinski definition) is 1. The van der Waals surface area contributed by atoms with Gasteiger partial charge < -0.3 is 0 Å². The molecule has 0 aromatic carbocycles. The lowest BCUT2D eigenvalue weighted by molar-refractivity contribution is 0.690. The van der Waals surface area contributed by atoms with Crippen molar-refractivity contribution in [3.63, 3.8) is 0 Å². The third kappa shape index (κ3) is 4.25. The van der Waals surface area contributed by atoms with Crippen LogP contribution >= 0.6 is 0 Å². The Morgan fingerprint density at radius 1 is 1.46 bits per heavy atom. The minimum Gasteiger partial charge on any atom is -0.279 e. The molecular formula is C10H15N3. The largest absolute Gasteiger partial charge is 0.279 e. The van der Waals surface area contributed by atoms with Crippen molar-refractivity contribution in [3.05, 3.63) is 24.5 Å². The van der Waals surface area contributed by atoms with Crippen molar-refractivity contribution in [2.75, 3.05) is 5.43 Å². The van der Waals surface area contributed by atoms with Crippen LogP contribution < -0.4 is 5.43 Å². The summed E-state index contributed by atoms with van der Waals surface area (Å²) in [7, 11) is 0. The molecule has 3 heteroatoms. The average Bonchev–Trinajstić information content (AvgIpc) is 2.14. The van der Waals surface area contributed by atoms with Crippen LogP contribution in [0.4, 0.5) is 5.69 Å². The molecule has 0 aliphatic rings. The molecule has 0 radical (unpaired) electrons. The highest BCUT2D eigenvalue weighted by Gasteiger charge is 1.88. The van der Waals surface area contributed by atoms with E-state index in [2.05, 4.69) is 29.4 Å². The average molecular weight is 177 g/mol. The Balaban J connectivity index is 2.31.